The van der Waals surface area contributed by atoms with E-state index in [0.717, 1.165) is 18.4 Å². The molecule has 0 saturated heterocycles. The summed E-state index contributed by atoms with van der Waals surface area (Å²) in [7, 11) is 6.46. The number of halogens is 1. The Balaban J connectivity index is 0.00000512. The number of aliphatic imine (C=N–C) groups is 1. The molecular formula is C22H37IN4O5. The van der Waals surface area contributed by atoms with Gasteiger partial charge in [0.2, 0.25) is 5.75 Å². The lowest BCUT2D eigenvalue weighted by Crippen LogP contribution is -2.45. The maximum absolute atomic E-state index is 12.5. The molecule has 1 aliphatic rings. The van der Waals surface area contributed by atoms with Gasteiger partial charge in [-0.05, 0) is 51.3 Å². The SMILES string of the molecule is CN=C(NCCN(C(=O)OC(C)(C)C)C1CC1)NCc1cc(OC)c(OC)c(OC)c1.I. The van der Waals surface area contributed by atoms with E-state index in [1.54, 1.807) is 33.3 Å². The van der Waals surface area contributed by atoms with Crippen molar-refractivity contribution in [2.24, 2.45) is 4.99 Å². The standard InChI is InChI=1S/C22H36N4O5.HI/c1-22(2,3)31-21(27)26(16-8-9-16)11-10-24-20(23-4)25-14-15-12-17(28-5)19(30-7)18(13-15)29-6;/h12-13,16H,8-11,14H2,1-7H3,(H2,23,24,25);1H. The highest BCUT2D eigenvalue weighted by molar-refractivity contribution is 14.0. The second-order valence-corrected chi connectivity index (χ2v) is 8.29. The van der Waals surface area contributed by atoms with E-state index in [2.05, 4.69) is 15.6 Å². The van der Waals surface area contributed by atoms with Crippen LogP contribution in [0.1, 0.15) is 39.2 Å². The molecule has 0 heterocycles. The monoisotopic (exact) mass is 564 g/mol. The molecule has 1 saturated carbocycles. The van der Waals surface area contributed by atoms with Gasteiger partial charge in [-0.2, -0.15) is 0 Å². The van der Waals surface area contributed by atoms with Crippen molar-refractivity contribution in [3.63, 3.8) is 0 Å². The normalized spacial score (nSPS) is 13.5. The molecule has 32 heavy (non-hydrogen) atoms. The quantitative estimate of drug-likeness (QED) is 0.270. The second kappa shape index (κ2) is 12.8. The Bertz CT molecular complexity index is 753. The van der Waals surface area contributed by atoms with E-state index < -0.39 is 5.60 Å². The van der Waals surface area contributed by atoms with Crippen LogP contribution in [0.2, 0.25) is 0 Å². The molecule has 9 nitrogen and oxygen atoms in total. The lowest BCUT2D eigenvalue weighted by molar-refractivity contribution is 0.0238. The van der Waals surface area contributed by atoms with Gasteiger partial charge in [-0.25, -0.2) is 4.79 Å². The van der Waals surface area contributed by atoms with Gasteiger partial charge in [0, 0.05) is 32.7 Å². The molecule has 0 atom stereocenters. The number of guanidine groups is 1. The van der Waals surface area contributed by atoms with Crippen LogP contribution in [0.15, 0.2) is 17.1 Å². The number of carbonyl (C=O) groups excluding carboxylic acids is 1. The Morgan fingerprint density at radius 2 is 1.69 bits per heavy atom. The molecule has 0 unspecified atom stereocenters. The number of benzene rings is 1. The van der Waals surface area contributed by atoms with Gasteiger partial charge >= 0.3 is 6.09 Å². The molecule has 0 bridgehead atoms. The summed E-state index contributed by atoms with van der Waals surface area (Å²) >= 11 is 0. The Labute approximate surface area is 208 Å². The molecule has 1 aromatic rings. The molecule has 1 aliphatic carbocycles. The van der Waals surface area contributed by atoms with Crippen molar-refractivity contribution in [3.05, 3.63) is 17.7 Å². The first-order valence-corrected chi connectivity index (χ1v) is 10.5. The molecule has 0 aromatic heterocycles. The van der Waals surface area contributed by atoms with Gasteiger partial charge in [-0.1, -0.05) is 0 Å². The highest BCUT2D eigenvalue weighted by Crippen LogP contribution is 2.38. The first-order chi connectivity index (χ1) is 14.7. The summed E-state index contributed by atoms with van der Waals surface area (Å²) in [6, 6.07) is 4.05. The van der Waals surface area contributed by atoms with Crippen LogP contribution in [-0.2, 0) is 11.3 Å². The number of rotatable bonds is 9. The van der Waals surface area contributed by atoms with Crippen molar-refractivity contribution in [1.82, 2.24) is 15.5 Å². The predicted octanol–water partition coefficient (Wildman–Crippen LogP) is 3.39. The number of ether oxygens (including phenoxy) is 4. The summed E-state index contributed by atoms with van der Waals surface area (Å²) in [5, 5.41) is 6.52. The van der Waals surface area contributed by atoms with E-state index in [1.165, 1.54) is 0 Å². The van der Waals surface area contributed by atoms with Crippen molar-refractivity contribution in [1.29, 1.82) is 0 Å². The number of carbonyl (C=O) groups is 1. The van der Waals surface area contributed by atoms with Gasteiger partial charge in [0.05, 0.1) is 21.3 Å². The van der Waals surface area contributed by atoms with Crippen molar-refractivity contribution < 1.29 is 23.7 Å². The van der Waals surface area contributed by atoms with Crippen molar-refractivity contribution >= 4 is 36.0 Å². The molecule has 1 fully saturated rings. The Kier molecular flexibility index (Phi) is 11.2. The van der Waals surface area contributed by atoms with E-state index >= 15 is 0 Å². The topological polar surface area (TPSA) is 93.7 Å². The zero-order valence-corrected chi connectivity index (χ0v) is 22.4. The fourth-order valence-electron chi connectivity index (χ4n) is 3.07. The number of hydrogen-bond acceptors (Lipinski definition) is 6. The summed E-state index contributed by atoms with van der Waals surface area (Å²) in [6.07, 6.45) is 1.78. The zero-order valence-electron chi connectivity index (χ0n) is 20.1. The molecule has 0 radical (unpaired) electrons. The Morgan fingerprint density at radius 3 is 2.12 bits per heavy atom. The third kappa shape index (κ3) is 8.44. The zero-order chi connectivity index (χ0) is 23.0. The molecule has 1 amide bonds. The lowest BCUT2D eigenvalue weighted by Gasteiger charge is -2.27. The fourth-order valence-corrected chi connectivity index (χ4v) is 3.07. The third-order valence-corrected chi connectivity index (χ3v) is 4.67. The molecule has 10 heteroatoms. The lowest BCUT2D eigenvalue weighted by atomic mass is 10.2. The maximum Gasteiger partial charge on any atom is 0.410 e. The van der Waals surface area contributed by atoms with Gasteiger partial charge in [0.25, 0.3) is 0 Å². The first kappa shape index (κ1) is 27.9. The second-order valence-electron chi connectivity index (χ2n) is 8.29. The minimum absolute atomic E-state index is 0. The molecule has 2 N–H and O–H groups in total. The van der Waals surface area contributed by atoms with E-state index in [1.807, 2.05) is 32.9 Å². The average molecular weight is 564 g/mol. The predicted molar refractivity (Wildman–Crippen MR) is 136 cm³/mol. The Hall–Kier alpha value is -2.11. The van der Waals surface area contributed by atoms with Gasteiger partial charge in [0.1, 0.15) is 5.60 Å². The summed E-state index contributed by atoms with van der Waals surface area (Å²) < 4.78 is 21.7. The van der Waals surface area contributed by atoms with Crippen LogP contribution in [0, 0.1) is 0 Å². The van der Waals surface area contributed by atoms with Crippen molar-refractivity contribution in [2.75, 3.05) is 41.5 Å². The van der Waals surface area contributed by atoms with Crippen LogP contribution in [0.4, 0.5) is 4.79 Å². The van der Waals surface area contributed by atoms with Gasteiger partial charge in [-0.3, -0.25) is 4.99 Å². The summed E-state index contributed by atoms with van der Waals surface area (Å²) in [4.78, 5) is 18.5. The smallest absolute Gasteiger partial charge is 0.410 e. The van der Waals surface area contributed by atoms with Crippen LogP contribution in [0.5, 0.6) is 17.2 Å². The molecule has 1 aromatic carbocycles. The van der Waals surface area contributed by atoms with Crippen LogP contribution in [0.3, 0.4) is 0 Å². The fraction of sp³-hybridized carbons (Fsp3) is 0.636. The van der Waals surface area contributed by atoms with Crippen molar-refractivity contribution in [2.45, 2.75) is 51.8 Å². The van der Waals surface area contributed by atoms with E-state index in [4.69, 9.17) is 18.9 Å². The third-order valence-electron chi connectivity index (χ3n) is 4.67. The minimum atomic E-state index is -0.504. The molecule has 182 valence electrons. The first-order valence-electron chi connectivity index (χ1n) is 10.5. The number of hydrogen-bond donors (Lipinski definition) is 2. The van der Waals surface area contributed by atoms with E-state index in [-0.39, 0.29) is 36.1 Å². The summed E-state index contributed by atoms with van der Waals surface area (Å²) in [5.41, 5.74) is 0.446. The number of nitrogens with zero attached hydrogens (tertiary/aromatic N) is 2. The summed E-state index contributed by atoms with van der Waals surface area (Å²) in [6.45, 7) is 7.25. The Morgan fingerprint density at radius 1 is 1.09 bits per heavy atom. The highest BCUT2D eigenvalue weighted by atomic mass is 127. The molecule has 0 spiro atoms. The van der Waals surface area contributed by atoms with Gasteiger partial charge < -0.3 is 34.5 Å². The number of nitrogens with one attached hydrogen (secondary N) is 2. The van der Waals surface area contributed by atoms with Crippen LogP contribution in [-0.4, -0.2) is 70.1 Å². The van der Waals surface area contributed by atoms with E-state index in [0.29, 0.717) is 42.8 Å². The van der Waals surface area contributed by atoms with Crippen LogP contribution >= 0.6 is 24.0 Å². The van der Waals surface area contributed by atoms with Gasteiger partial charge in [-0.15, -0.1) is 24.0 Å². The van der Waals surface area contributed by atoms with Crippen molar-refractivity contribution in [3.8, 4) is 17.2 Å². The maximum atomic E-state index is 12.5. The number of amides is 1. The van der Waals surface area contributed by atoms with Crippen LogP contribution in [0.25, 0.3) is 0 Å². The highest BCUT2D eigenvalue weighted by Gasteiger charge is 2.34. The van der Waals surface area contributed by atoms with Crippen LogP contribution < -0.4 is 24.8 Å². The van der Waals surface area contributed by atoms with Gasteiger partial charge in [0.15, 0.2) is 17.5 Å². The number of methoxy groups -OCH3 is 3. The minimum Gasteiger partial charge on any atom is -0.493 e. The molecular weight excluding hydrogens is 527 g/mol. The van der Waals surface area contributed by atoms with E-state index in [9.17, 15) is 4.79 Å². The molecule has 2 rings (SSSR count). The summed E-state index contributed by atoms with van der Waals surface area (Å²) in [5.74, 6) is 2.38. The molecule has 0 aliphatic heterocycles. The largest absolute Gasteiger partial charge is 0.493 e. The average Bonchev–Trinajstić information content (AvgIpc) is 3.56.